The molecule has 4 heteroatoms. The van der Waals surface area contributed by atoms with Gasteiger partial charge in [0.1, 0.15) is 5.78 Å². The van der Waals surface area contributed by atoms with Gasteiger partial charge in [0.05, 0.1) is 7.11 Å². The monoisotopic (exact) mass is 417 g/mol. The molecule has 4 rings (SSSR count). The van der Waals surface area contributed by atoms with E-state index in [1.165, 1.54) is 58.5 Å². The average Bonchev–Trinajstić information content (AvgIpc) is 3.09. The highest BCUT2D eigenvalue weighted by molar-refractivity contribution is 5.79. The van der Waals surface area contributed by atoms with E-state index in [0.717, 1.165) is 30.1 Å². The normalized spacial score (nSPS) is 46.2. The zero-order valence-corrected chi connectivity index (χ0v) is 20.1. The van der Waals surface area contributed by atoms with E-state index in [2.05, 4.69) is 20.8 Å². The zero-order valence-electron chi connectivity index (χ0n) is 20.1. The molecule has 1 amide bonds. The van der Waals surface area contributed by atoms with E-state index < -0.39 is 0 Å². The average molecular weight is 418 g/mol. The molecule has 0 aromatic rings. The number of amides is 1. The number of Topliss-reactive ketones (excluding diaryl/α,β-unsaturated/α-hetero) is 1. The summed E-state index contributed by atoms with van der Waals surface area (Å²) >= 11 is 0. The lowest BCUT2D eigenvalue weighted by atomic mass is 9.44. The summed E-state index contributed by atoms with van der Waals surface area (Å²) in [5, 5.41) is 0. The molecule has 170 valence electrons. The van der Waals surface area contributed by atoms with Gasteiger partial charge in [-0.2, -0.15) is 0 Å². The minimum absolute atomic E-state index is 0.215. The third-order valence-corrected chi connectivity index (χ3v) is 11.0. The second kappa shape index (κ2) is 7.81. The van der Waals surface area contributed by atoms with Crippen LogP contribution in [0.3, 0.4) is 0 Å². The van der Waals surface area contributed by atoms with E-state index in [9.17, 15) is 9.59 Å². The minimum Gasteiger partial charge on any atom is -0.453 e. The van der Waals surface area contributed by atoms with E-state index in [4.69, 9.17) is 4.74 Å². The lowest BCUT2D eigenvalue weighted by molar-refractivity contribution is -0.136. The molecule has 0 spiro atoms. The molecule has 0 N–H and O–H groups in total. The van der Waals surface area contributed by atoms with E-state index in [-0.39, 0.29) is 17.6 Å². The number of ether oxygens (including phenoxy) is 1. The smallest absolute Gasteiger partial charge is 0.409 e. The van der Waals surface area contributed by atoms with Gasteiger partial charge in [-0.3, -0.25) is 4.79 Å². The number of carbonyl (C=O) groups is 2. The Kier molecular flexibility index (Phi) is 5.77. The Morgan fingerprint density at radius 2 is 1.63 bits per heavy atom. The summed E-state index contributed by atoms with van der Waals surface area (Å²) in [4.78, 5) is 26.2. The molecule has 0 aliphatic heterocycles. The van der Waals surface area contributed by atoms with Crippen molar-refractivity contribution in [2.45, 2.75) is 91.5 Å². The Balaban J connectivity index is 1.49. The van der Waals surface area contributed by atoms with Crippen LogP contribution in [0.1, 0.15) is 85.5 Å². The van der Waals surface area contributed by atoms with Gasteiger partial charge in [0.2, 0.25) is 0 Å². The Morgan fingerprint density at radius 1 is 0.967 bits per heavy atom. The van der Waals surface area contributed by atoms with E-state index in [1.807, 2.05) is 14.0 Å². The third-order valence-electron chi connectivity index (χ3n) is 11.0. The van der Waals surface area contributed by atoms with Crippen molar-refractivity contribution >= 4 is 11.9 Å². The van der Waals surface area contributed by atoms with Crippen LogP contribution in [-0.2, 0) is 9.53 Å². The maximum atomic E-state index is 12.3. The van der Waals surface area contributed by atoms with Crippen LogP contribution >= 0.6 is 0 Å². The number of hydrogen-bond donors (Lipinski definition) is 0. The zero-order chi connectivity index (χ0) is 21.8. The van der Waals surface area contributed by atoms with Crippen molar-refractivity contribution in [1.29, 1.82) is 0 Å². The molecule has 0 saturated heterocycles. The fraction of sp³-hybridized carbons (Fsp3) is 0.923. The molecule has 1 unspecified atom stereocenters. The first-order chi connectivity index (χ1) is 14.1. The lowest BCUT2D eigenvalue weighted by Gasteiger charge is -2.61. The second-order valence-corrected chi connectivity index (χ2v) is 11.8. The maximum Gasteiger partial charge on any atom is 0.409 e. The van der Waals surface area contributed by atoms with Gasteiger partial charge in [-0.25, -0.2) is 4.79 Å². The molecule has 4 saturated carbocycles. The van der Waals surface area contributed by atoms with Crippen molar-refractivity contribution in [2.24, 2.45) is 46.3 Å². The maximum absolute atomic E-state index is 12.3. The molecular weight excluding hydrogens is 374 g/mol. The molecule has 0 heterocycles. The first-order valence-electron chi connectivity index (χ1n) is 12.4. The van der Waals surface area contributed by atoms with Gasteiger partial charge in [-0.15, -0.1) is 0 Å². The first kappa shape index (κ1) is 22.1. The molecule has 4 aliphatic rings. The minimum atomic E-state index is -0.215. The van der Waals surface area contributed by atoms with Crippen LogP contribution in [0.15, 0.2) is 0 Å². The van der Waals surface area contributed by atoms with Gasteiger partial charge in [-0.05, 0) is 112 Å². The predicted molar refractivity (Wildman–Crippen MR) is 119 cm³/mol. The number of nitrogens with zero attached hydrogens (tertiary/aromatic N) is 1. The Labute approximate surface area is 183 Å². The summed E-state index contributed by atoms with van der Waals surface area (Å²) in [6.07, 6.45) is 11.2. The van der Waals surface area contributed by atoms with E-state index in [0.29, 0.717) is 23.0 Å². The third kappa shape index (κ3) is 3.23. The largest absolute Gasteiger partial charge is 0.453 e. The van der Waals surface area contributed by atoms with Crippen LogP contribution in [0, 0.1) is 46.3 Å². The highest BCUT2D eigenvalue weighted by Crippen LogP contribution is 2.68. The van der Waals surface area contributed by atoms with Crippen molar-refractivity contribution in [1.82, 2.24) is 4.90 Å². The summed E-state index contributed by atoms with van der Waals surface area (Å²) in [5.41, 5.74) is 0.698. The second-order valence-electron chi connectivity index (χ2n) is 11.8. The van der Waals surface area contributed by atoms with Gasteiger partial charge in [0, 0.05) is 19.0 Å². The molecule has 4 fully saturated rings. The molecular formula is C26H43NO3. The number of carbonyl (C=O) groups excluding carboxylic acids is 2. The van der Waals surface area contributed by atoms with Crippen molar-refractivity contribution in [3.63, 3.8) is 0 Å². The Bertz CT molecular complexity index is 692. The van der Waals surface area contributed by atoms with Crippen LogP contribution in [0.4, 0.5) is 4.79 Å². The highest BCUT2D eigenvalue weighted by Gasteiger charge is 2.61. The van der Waals surface area contributed by atoms with Crippen molar-refractivity contribution in [2.75, 3.05) is 14.2 Å². The number of fused-ring (bicyclic) bond motifs is 5. The van der Waals surface area contributed by atoms with Crippen LogP contribution in [0.2, 0.25) is 0 Å². The number of hydrogen-bond acceptors (Lipinski definition) is 3. The standard InChI is InChI=1S/C26H43NO3/c1-16(27(5)24(29)30-6)18-11-13-25(3)19(15-18)7-8-20-22-10-9-21(17(2)28)26(22,4)14-12-23(20)25/h16,18-23H,7-15H2,1-6H3/t16?,18-,19+,20+,21-,22+,23+,25+,26-/m1/s1. The summed E-state index contributed by atoms with van der Waals surface area (Å²) in [7, 11) is 3.36. The quantitative estimate of drug-likeness (QED) is 0.571. The fourth-order valence-corrected chi connectivity index (χ4v) is 9.02. The number of methoxy groups -OCH3 is 1. The first-order valence-corrected chi connectivity index (χ1v) is 12.4. The summed E-state index contributed by atoms with van der Waals surface area (Å²) in [6.45, 7) is 9.07. The summed E-state index contributed by atoms with van der Waals surface area (Å²) < 4.78 is 4.96. The molecule has 4 nitrogen and oxygen atoms in total. The lowest BCUT2D eigenvalue weighted by Crippen LogP contribution is -2.55. The van der Waals surface area contributed by atoms with Crippen LogP contribution in [0.5, 0.6) is 0 Å². The number of rotatable bonds is 3. The van der Waals surface area contributed by atoms with Gasteiger partial charge >= 0.3 is 6.09 Å². The Morgan fingerprint density at radius 3 is 2.30 bits per heavy atom. The summed E-state index contributed by atoms with van der Waals surface area (Å²) in [5.74, 6) is 4.49. The summed E-state index contributed by atoms with van der Waals surface area (Å²) in [6, 6.07) is 0.237. The van der Waals surface area contributed by atoms with Crippen molar-refractivity contribution < 1.29 is 14.3 Å². The van der Waals surface area contributed by atoms with Crippen LogP contribution in [0.25, 0.3) is 0 Å². The van der Waals surface area contributed by atoms with Crippen LogP contribution in [-0.4, -0.2) is 37.0 Å². The Hall–Kier alpha value is -1.06. The van der Waals surface area contributed by atoms with E-state index >= 15 is 0 Å². The SMILES string of the molecule is COC(=O)N(C)C(C)[C@@H]1CC[C@@]2(C)[C@@H](CC[C@@H]3[C@@H]2CC[C@]2(C)[C@@H](C(C)=O)CC[C@@H]32)C1. The number of ketones is 1. The van der Waals surface area contributed by atoms with Gasteiger partial charge in [0.15, 0.2) is 0 Å². The molecule has 0 radical (unpaired) electrons. The molecule has 9 atom stereocenters. The van der Waals surface area contributed by atoms with Gasteiger partial charge in [-0.1, -0.05) is 13.8 Å². The molecule has 0 bridgehead atoms. The predicted octanol–water partition coefficient (Wildman–Crippen LogP) is 5.94. The topological polar surface area (TPSA) is 46.6 Å². The van der Waals surface area contributed by atoms with E-state index in [1.54, 1.807) is 4.90 Å². The molecule has 0 aromatic heterocycles. The van der Waals surface area contributed by atoms with Gasteiger partial charge < -0.3 is 9.64 Å². The van der Waals surface area contributed by atoms with Crippen molar-refractivity contribution in [3.05, 3.63) is 0 Å². The highest BCUT2D eigenvalue weighted by atomic mass is 16.5. The fourth-order valence-electron chi connectivity index (χ4n) is 9.02. The molecule has 4 aliphatic carbocycles. The van der Waals surface area contributed by atoms with Gasteiger partial charge in [0.25, 0.3) is 0 Å². The molecule has 30 heavy (non-hydrogen) atoms. The molecule has 0 aromatic carbocycles. The van der Waals surface area contributed by atoms with Crippen molar-refractivity contribution in [3.8, 4) is 0 Å². The van der Waals surface area contributed by atoms with Crippen LogP contribution < -0.4 is 0 Å².